The fourth-order valence-corrected chi connectivity index (χ4v) is 3.21. The number of aliphatic hydroxyl groups excluding tert-OH is 1. The number of ether oxygens (including phenoxy) is 1. The number of aryl methyl sites for hydroxylation is 1. The third-order valence-corrected chi connectivity index (χ3v) is 4.11. The second kappa shape index (κ2) is 7.59. The van der Waals surface area contributed by atoms with Gasteiger partial charge in [-0.15, -0.1) is 0 Å². The Morgan fingerprint density at radius 2 is 2.35 bits per heavy atom. The van der Waals surface area contributed by atoms with Gasteiger partial charge in [0.15, 0.2) is 5.72 Å². The predicted molar refractivity (Wildman–Crippen MR) is 83.5 cm³/mol. The molecule has 1 aromatic rings. The van der Waals surface area contributed by atoms with Crippen LogP contribution in [0.5, 0.6) is 0 Å². The molecule has 0 radical (unpaired) electrons. The first kappa shape index (κ1) is 17.5. The van der Waals surface area contributed by atoms with Crippen molar-refractivity contribution < 1.29 is 19.4 Å². The van der Waals surface area contributed by atoms with E-state index in [4.69, 9.17) is 9.84 Å². The summed E-state index contributed by atoms with van der Waals surface area (Å²) in [7, 11) is 0. The first-order valence-corrected chi connectivity index (χ1v) is 8.10. The molecule has 0 spiro atoms. The van der Waals surface area contributed by atoms with Crippen molar-refractivity contribution in [1.29, 1.82) is 0 Å². The SMILES string of the molecule is CC(=O)O[C@@]1(NC(=O)c2ccnn2CCCO)CCCC(C)C1. The van der Waals surface area contributed by atoms with Gasteiger partial charge in [-0.25, -0.2) is 0 Å². The van der Waals surface area contributed by atoms with Crippen LogP contribution >= 0.6 is 0 Å². The Kier molecular flexibility index (Phi) is 5.76. The Hall–Kier alpha value is -1.89. The molecule has 0 saturated heterocycles. The number of nitrogens with zero attached hydrogens (tertiary/aromatic N) is 2. The largest absolute Gasteiger partial charge is 0.439 e. The minimum Gasteiger partial charge on any atom is -0.439 e. The molecule has 1 heterocycles. The molecular formula is C16H25N3O4. The van der Waals surface area contributed by atoms with Crippen molar-refractivity contribution in [1.82, 2.24) is 15.1 Å². The summed E-state index contributed by atoms with van der Waals surface area (Å²) in [5, 5.41) is 15.9. The maximum Gasteiger partial charge on any atom is 0.304 e. The summed E-state index contributed by atoms with van der Waals surface area (Å²) in [5.41, 5.74) is -0.532. The van der Waals surface area contributed by atoms with Gasteiger partial charge in [0.05, 0.1) is 0 Å². The van der Waals surface area contributed by atoms with Crippen LogP contribution in [0.1, 0.15) is 56.4 Å². The summed E-state index contributed by atoms with van der Waals surface area (Å²) in [6, 6.07) is 1.63. The fourth-order valence-electron chi connectivity index (χ4n) is 3.21. The van der Waals surface area contributed by atoms with E-state index in [0.717, 1.165) is 12.8 Å². The zero-order valence-electron chi connectivity index (χ0n) is 13.7. The highest BCUT2D eigenvalue weighted by molar-refractivity contribution is 5.93. The number of hydrogen-bond donors (Lipinski definition) is 2. The van der Waals surface area contributed by atoms with Gasteiger partial charge >= 0.3 is 5.97 Å². The summed E-state index contributed by atoms with van der Waals surface area (Å²) in [6.45, 7) is 3.95. The van der Waals surface area contributed by atoms with E-state index < -0.39 is 11.7 Å². The van der Waals surface area contributed by atoms with Crippen LogP contribution < -0.4 is 5.32 Å². The first-order chi connectivity index (χ1) is 11.0. The zero-order valence-corrected chi connectivity index (χ0v) is 13.7. The van der Waals surface area contributed by atoms with Crippen LogP contribution in [0.15, 0.2) is 12.3 Å². The summed E-state index contributed by atoms with van der Waals surface area (Å²) >= 11 is 0. The van der Waals surface area contributed by atoms with Gasteiger partial charge < -0.3 is 15.2 Å². The molecule has 2 atom stereocenters. The summed E-state index contributed by atoms with van der Waals surface area (Å²) in [4.78, 5) is 24.1. The molecule has 1 aliphatic carbocycles. The molecule has 1 amide bonds. The summed E-state index contributed by atoms with van der Waals surface area (Å²) in [5.74, 6) is -0.327. The third-order valence-electron chi connectivity index (χ3n) is 4.11. The molecule has 7 nitrogen and oxygen atoms in total. The van der Waals surface area contributed by atoms with E-state index in [2.05, 4.69) is 17.3 Å². The molecular weight excluding hydrogens is 298 g/mol. The van der Waals surface area contributed by atoms with Crippen LogP contribution in [0, 0.1) is 5.92 Å². The molecule has 0 aliphatic heterocycles. The second-order valence-corrected chi connectivity index (χ2v) is 6.26. The molecule has 0 aromatic carbocycles. The van der Waals surface area contributed by atoms with Crippen LogP contribution in [-0.4, -0.2) is 39.1 Å². The maximum atomic E-state index is 12.6. The van der Waals surface area contributed by atoms with Gasteiger partial charge in [-0.1, -0.05) is 13.3 Å². The van der Waals surface area contributed by atoms with Crippen molar-refractivity contribution in [3.05, 3.63) is 18.0 Å². The third kappa shape index (κ3) is 4.54. The number of esters is 1. The van der Waals surface area contributed by atoms with Gasteiger partial charge in [-0.05, 0) is 24.8 Å². The first-order valence-electron chi connectivity index (χ1n) is 8.10. The van der Waals surface area contributed by atoms with Crippen molar-refractivity contribution in [3.63, 3.8) is 0 Å². The molecule has 2 rings (SSSR count). The Morgan fingerprint density at radius 1 is 1.57 bits per heavy atom. The molecule has 1 aromatic heterocycles. The van der Waals surface area contributed by atoms with Gasteiger partial charge in [0.2, 0.25) is 0 Å². The quantitative estimate of drug-likeness (QED) is 0.611. The highest BCUT2D eigenvalue weighted by Crippen LogP contribution is 2.33. The van der Waals surface area contributed by atoms with E-state index in [9.17, 15) is 9.59 Å². The molecule has 1 aliphatic rings. The standard InChI is InChI=1S/C16H25N3O4/c1-12-5-3-7-16(11-12,23-13(2)21)18-15(22)14-6-8-17-19(14)9-4-10-20/h6,8,12,20H,3-5,7,9-11H2,1-2H3,(H,18,22)/t12?,16-/m0/s1. The number of aliphatic hydroxyl groups is 1. The van der Waals surface area contributed by atoms with Gasteiger partial charge in [0.1, 0.15) is 5.69 Å². The zero-order chi connectivity index (χ0) is 16.9. The molecule has 23 heavy (non-hydrogen) atoms. The highest BCUT2D eigenvalue weighted by atomic mass is 16.6. The Labute approximate surface area is 136 Å². The van der Waals surface area contributed by atoms with E-state index >= 15 is 0 Å². The van der Waals surface area contributed by atoms with Gasteiger partial charge in [-0.2, -0.15) is 5.10 Å². The molecule has 0 bridgehead atoms. The minimum atomic E-state index is -0.938. The number of aromatic nitrogens is 2. The molecule has 1 unspecified atom stereocenters. The van der Waals surface area contributed by atoms with Crippen LogP contribution in [-0.2, 0) is 16.1 Å². The van der Waals surface area contributed by atoms with E-state index in [1.165, 1.54) is 6.92 Å². The number of rotatable bonds is 6. The lowest BCUT2D eigenvalue weighted by Crippen LogP contribution is -2.54. The van der Waals surface area contributed by atoms with E-state index in [0.29, 0.717) is 37.4 Å². The predicted octanol–water partition coefficient (Wildman–Crippen LogP) is 1.46. The van der Waals surface area contributed by atoms with Crippen LogP contribution in [0.2, 0.25) is 0 Å². The lowest BCUT2D eigenvalue weighted by molar-refractivity contribution is -0.165. The Bertz CT molecular complexity index is 557. The smallest absolute Gasteiger partial charge is 0.304 e. The summed E-state index contributed by atoms with van der Waals surface area (Å²) < 4.78 is 7.05. The number of carbonyl (C=O) groups is 2. The van der Waals surface area contributed by atoms with Crippen LogP contribution in [0.25, 0.3) is 0 Å². The van der Waals surface area contributed by atoms with Gasteiger partial charge in [0.25, 0.3) is 5.91 Å². The van der Waals surface area contributed by atoms with E-state index in [1.807, 2.05) is 0 Å². The molecule has 1 saturated carbocycles. The minimum absolute atomic E-state index is 0.0375. The average Bonchev–Trinajstić information content (AvgIpc) is 2.92. The Balaban J connectivity index is 2.14. The molecule has 2 N–H and O–H groups in total. The maximum absolute atomic E-state index is 12.6. The lowest BCUT2D eigenvalue weighted by atomic mass is 9.84. The average molecular weight is 323 g/mol. The van der Waals surface area contributed by atoms with Crippen LogP contribution in [0.4, 0.5) is 0 Å². The van der Waals surface area contributed by atoms with Crippen molar-refractivity contribution in [3.8, 4) is 0 Å². The normalized spacial score (nSPS) is 24.2. The van der Waals surface area contributed by atoms with Gasteiger partial charge in [-0.3, -0.25) is 14.3 Å². The number of carbonyl (C=O) groups excluding carboxylic acids is 2. The lowest BCUT2D eigenvalue weighted by Gasteiger charge is -2.39. The van der Waals surface area contributed by atoms with Crippen molar-refractivity contribution >= 4 is 11.9 Å². The number of nitrogens with one attached hydrogen (secondary N) is 1. The van der Waals surface area contributed by atoms with E-state index in [1.54, 1.807) is 16.9 Å². The topological polar surface area (TPSA) is 93.5 Å². The molecule has 1 fully saturated rings. The van der Waals surface area contributed by atoms with Crippen LogP contribution in [0.3, 0.4) is 0 Å². The molecule has 7 heteroatoms. The fraction of sp³-hybridized carbons (Fsp3) is 0.688. The summed E-state index contributed by atoms with van der Waals surface area (Å²) in [6.07, 6.45) is 5.27. The number of amides is 1. The van der Waals surface area contributed by atoms with Crippen molar-refractivity contribution in [2.75, 3.05) is 6.61 Å². The van der Waals surface area contributed by atoms with E-state index in [-0.39, 0.29) is 12.5 Å². The van der Waals surface area contributed by atoms with Gasteiger partial charge in [0, 0.05) is 39.1 Å². The number of hydrogen-bond acceptors (Lipinski definition) is 5. The Morgan fingerprint density at radius 3 is 3.00 bits per heavy atom. The van der Waals surface area contributed by atoms with Crippen molar-refractivity contribution in [2.45, 2.75) is 58.2 Å². The second-order valence-electron chi connectivity index (χ2n) is 6.26. The van der Waals surface area contributed by atoms with Crippen molar-refractivity contribution in [2.24, 2.45) is 5.92 Å². The highest BCUT2D eigenvalue weighted by Gasteiger charge is 2.40. The molecule has 128 valence electrons. The monoisotopic (exact) mass is 323 g/mol.